The SMILES string of the molecule is COc1cc(Nc2[nH]c(=O)nc3c2ncn3C2CCCCO2)cc(OC)c1O. The molecule has 2 aromatic heterocycles. The number of nitrogens with zero attached hydrogens (tertiary/aromatic N) is 3. The zero-order chi connectivity index (χ0) is 19.7. The molecular weight excluding hydrogens is 366 g/mol. The quantitative estimate of drug-likeness (QED) is 0.570. The number of phenolic OH excluding ortho intramolecular Hbond substituents is 1. The number of fused-ring (bicyclic) bond motifs is 1. The second kappa shape index (κ2) is 7.39. The topological polar surface area (TPSA) is 124 Å². The molecule has 148 valence electrons. The van der Waals surface area contributed by atoms with Gasteiger partial charge in [0.15, 0.2) is 17.1 Å². The molecular formula is C18H21N5O5. The van der Waals surface area contributed by atoms with Crippen LogP contribution in [0, 0.1) is 0 Å². The van der Waals surface area contributed by atoms with Gasteiger partial charge >= 0.3 is 5.69 Å². The molecule has 3 N–H and O–H groups in total. The zero-order valence-corrected chi connectivity index (χ0v) is 15.6. The van der Waals surface area contributed by atoms with Crippen molar-refractivity contribution in [1.29, 1.82) is 0 Å². The van der Waals surface area contributed by atoms with Crippen LogP contribution >= 0.6 is 0 Å². The van der Waals surface area contributed by atoms with Crippen molar-refractivity contribution in [2.24, 2.45) is 0 Å². The van der Waals surface area contributed by atoms with E-state index < -0.39 is 5.69 Å². The fourth-order valence-corrected chi connectivity index (χ4v) is 3.29. The minimum Gasteiger partial charge on any atom is -0.502 e. The van der Waals surface area contributed by atoms with Gasteiger partial charge in [-0.2, -0.15) is 4.98 Å². The summed E-state index contributed by atoms with van der Waals surface area (Å²) < 4.78 is 17.9. The Bertz CT molecular complexity index is 1030. The fraction of sp³-hybridized carbons (Fsp3) is 0.389. The molecule has 3 heterocycles. The van der Waals surface area contributed by atoms with E-state index in [2.05, 4.69) is 20.3 Å². The number of rotatable bonds is 5. The van der Waals surface area contributed by atoms with Crippen molar-refractivity contribution in [3.8, 4) is 17.2 Å². The van der Waals surface area contributed by atoms with E-state index in [1.807, 2.05) is 0 Å². The first-order chi connectivity index (χ1) is 13.6. The van der Waals surface area contributed by atoms with E-state index in [0.717, 1.165) is 19.3 Å². The zero-order valence-electron chi connectivity index (χ0n) is 15.6. The Morgan fingerprint density at radius 1 is 1.29 bits per heavy atom. The predicted molar refractivity (Wildman–Crippen MR) is 101 cm³/mol. The van der Waals surface area contributed by atoms with E-state index in [0.29, 0.717) is 29.3 Å². The number of aromatic amines is 1. The largest absolute Gasteiger partial charge is 0.502 e. The van der Waals surface area contributed by atoms with Crippen LogP contribution in [0.25, 0.3) is 11.2 Å². The summed E-state index contributed by atoms with van der Waals surface area (Å²) in [7, 11) is 2.88. The maximum Gasteiger partial charge on any atom is 0.348 e. The van der Waals surface area contributed by atoms with Gasteiger partial charge in [-0.15, -0.1) is 0 Å². The molecule has 1 aliphatic heterocycles. The van der Waals surface area contributed by atoms with E-state index in [-0.39, 0.29) is 23.5 Å². The molecule has 10 nitrogen and oxygen atoms in total. The fourth-order valence-electron chi connectivity index (χ4n) is 3.29. The van der Waals surface area contributed by atoms with Gasteiger partial charge in [-0.1, -0.05) is 0 Å². The number of aromatic hydroxyl groups is 1. The van der Waals surface area contributed by atoms with Crippen LogP contribution in [-0.4, -0.2) is 45.5 Å². The van der Waals surface area contributed by atoms with E-state index >= 15 is 0 Å². The lowest BCUT2D eigenvalue weighted by atomic mass is 10.2. The summed E-state index contributed by atoms with van der Waals surface area (Å²) in [5, 5.41) is 13.2. The molecule has 0 amide bonds. The summed E-state index contributed by atoms with van der Waals surface area (Å²) in [6.45, 7) is 0.672. The van der Waals surface area contributed by atoms with Crippen LogP contribution in [0.4, 0.5) is 11.5 Å². The average molecular weight is 387 g/mol. The number of imidazole rings is 1. The van der Waals surface area contributed by atoms with Crippen molar-refractivity contribution in [3.63, 3.8) is 0 Å². The Morgan fingerprint density at radius 3 is 2.68 bits per heavy atom. The molecule has 1 unspecified atom stereocenters. The number of phenols is 1. The van der Waals surface area contributed by atoms with Crippen molar-refractivity contribution in [2.75, 3.05) is 26.1 Å². The smallest absolute Gasteiger partial charge is 0.348 e. The van der Waals surface area contributed by atoms with Crippen molar-refractivity contribution in [2.45, 2.75) is 25.5 Å². The number of benzene rings is 1. The molecule has 3 aromatic rings. The molecule has 0 saturated carbocycles. The van der Waals surface area contributed by atoms with E-state index in [4.69, 9.17) is 14.2 Å². The molecule has 1 aliphatic rings. The standard InChI is InChI=1S/C18H21N5O5/c1-26-11-7-10(8-12(27-2)15(11)24)20-16-14-17(22-18(25)21-16)23(9-19-14)13-5-3-4-6-28-13/h7-9,13,24H,3-6H2,1-2H3,(H2,20,21,22,25). The molecule has 1 atom stereocenters. The van der Waals surface area contributed by atoms with Crippen molar-refractivity contribution in [3.05, 3.63) is 28.9 Å². The number of H-pyrrole nitrogens is 1. The number of hydrogen-bond donors (Lipinski definition) is 3. The third-order valence-corrected chi connectivity index (χ3v) is 4.66. The first-order valence-electron chi connectivity index (χ1n) is 8.91. The maximum absolute atomic E-state index is 12.1. The van der Waals surface area contributed by atoms with E-state index in [9.17, 15) is 9.90 Å². The average Bonchev–Trinajstić information content (AvgIpc) is 3.13. The number of aromatic nitrogens is 4. The van der Waals surface area contributed by atoms with Crippen LogP contribution in [0.2, 0.25) is 0 Å². The van der Waals surface area contributed by atoms with Crippen LogP contribution < -0.4 is 20.5 Å². The normalized spacial score (nSPS) is 16.9. The van der Waals surface area contributed by atoms with Crippen LogP contribution in [0.3, 0.4) is 0 Å². The van der Waals surface area contributed by atoms with Gasteiger partial charge in [0.1, 0.15) is 17.6 Å². The molecule has 1 saturated heterocycles. The number of nitrogens with one attached hydrogen (secondary N) is 2. The summed E-state index contributed by atoms with van der Waals surface area (Å²) >= 11 is 0. The summed E-state index contributed by atoms with van der Waals surface area (Å²) in [6, 6.07) is 3.17. The summed E-state index contributed by atoms with van der Waals surface area (Å²) in [4.78, 5) is 23.3. The number of ether oxygens (including phenoxy) is 3. The van der Waals surface area contributed by atoms with Crippen LogP contribution in [0.1, 0.15) is 25.5 Å². The highest BCUT2D eigenvalue weighted by Gasteiger charge is 2.21. The van der Waals surface area contributed by atoms with Gasteiger partial charge in [0.2, 0.25) is 5.75 Å². The molecule has 0 bridgehead atoms. The minimum absolute atomic E-state index is 0.109. The van der Waals surface area contributed by atoms with E-state index in [1.54, 1.807) is 23.0 Å². The molecule has 0 aliphatic carbocycles. The Kier molecular flexibility index (Phi) is 4.78. The van der Waals surface area contributed by atoms with Crippen LogP contribution in [-0.2, 0) is 4.74 Å². The molecule has 4 rings (SSSR count). The molecule has 0 radical (unpaired) electrons. The van der Waals surface area contributed by atoms with Crippen molar-refractivity contribution >= 4 is 22.7 Å². The van der Waals surface area contributed by atoms with Crippen molar-refractivity contribution < 1.29 is 19.3 Å². The highest BCUT2D eigenvalue weighted by atomic mass is 16.5. The molecule has 0 spiro atoms. The van der Waals surface area contributed by atoms with Crippen LogP contribution in [0.5, 0.6) is 17.2 Å². The van der Waals surface area contributed by atoms with Gasteiger partial charge < -0.3 is 24.6 Å². The lowest BCUT2D eigenvalue weighted by Gasteiger charge is -2.23. The van der Waals surface area contributed by atoms with Gasteiger partial charge in [0, 0.05) is 24.4 Å². The summed E-state index contributed by atoms with van der Waals surface area (Å²) in [5.74, 6) is 0.730. The lowest BCUT2D eigenvalue weighted by molar-refractivity contribution is -0.0298. The number of methoxy groups -OCH3 is 2. The maximum atomic E-state index is 12.1. The number of anilines is 2. The molecule has 28 heavy (non-hydrogen) atoms. The van der Waals surface area contributed by atoms with Gasteiger partial charge in [0.05, 0.1) is 20.5 Å². The van der Waals surface area contributed by atoms with Gasteiger partial charge in [-0.3, -0.25) is 9.55 Å². The summed E-state index contributed by atoms with van der Waals surface area (Å²) in [5.41, 5.74) is 0.971. The number of hydrogen-bond acceptors (Lipinski definition) is 8. The van der Waals surface area contributed by atoms with Gasteiger partial charge in [-0.25, -0.2) is 9.78 Å². The molecule has 1 fully saturated rings. The monoisotopic (exact) mass is 387 g/mol. The second-order valence-corrected chi connectivity index (χ2v) is 6.42. The Labute approximate surface area is 160 Å². The third kappa shape index (κ3) is 3.22. The van der Waals surface area contributed by atoms with Crippen molar-refractivity contribution in [1.82, 2.24) is 19.5 Å². The lowest BCUT2D eigenvalue weighted by Crippen LogP contribution is -2.20. The predicted octanol–water partition coefficient (Wildman–Crippen LogP) is 2.29. The van der Waals surface area contributed by atoms with Gasteiger partial charge in [-0.05, 0) is 19.3 Å². The third-order valence-electron chi connectivity index (χ3n) is 4.66. The van der Waals surface area contributed by atoms with Crippen LogP contribution in [0.15, 0.2) is 23.3 Å². The Morgan fingerprint density at radius 2 is 2.04 bits per heavy atom. The first-order valence-corrected chi connectivity index (χ1v) is 8.91. The van der Waals surface area contributed by atoms with E-state index in [1.165, 1.54) is 14.2 Å². The summed E-state index contributed by atoms with van der Waals surface area (Å²) in [6.07, 6.45) is 4.36. The van der Waals surface area contributed by atoms with Gasteiger partial charge in [0.25, 0.3) is 0 Å². The minimum atomic E-state index is -0.509. The molecule has 1 aromatic carbocycles. The second-order valence-electron chi connectivity index (χ2n) is 6.42. The Hall–Kier alpha value is -3.27. The first kappa shape index (κ1) is 18.1. The molecule has 10 heteroatoms. The Balaban J connectivity index is 1.75. The highest BCUT2D eigenvalue weighted by molar-refractivity contribution is 5.85. The highest BCUT2D eigenvalue weighted by Crippen LogP contribution is 2.40.